The average molecular weight is 285 g/mol. The third-order valence-electron chi connectivity index (χ3n) is 5.13. The molecule has 2 rings (SSSR count). The molecule has 1 aliphatic heterocycles. The molecule has 0 amide bonds. The van der Waals surface area contributed by atoms with Gasteiger partial charge in [-0.15, -0.1) is 0 Å². The van der Waals surface area contributed by atoms with Gasteiger partial charge < -0.3 is 19.5 Å². The zero-order chi connectivity index (χ0) is 14.6. The van der Waals surface area contributed by atoms with E-state index in [1.54, 1.807) is 7.11 Å². The molecule has 4 nitrogen and oxygen atoms in total. The van der Waals surface area contributed by atoms with Crippen molar-refractivity contribution in [1.82, 2.24) is 5.32 Å². The van der Waals surface area contributed by atoms with Crippen LogP contribution in [0, 0.1) is 0 Å². The molecule has 2 aliphatic rings. The zero-order valence-electron chi connectivity index (χ0n) is 13.5. The van der Waals surface area contributed by atoms with Crippen molar-refractivity contribution < 1.29 is 14.2 Å². The summed E-state index contributed by atoms with van der Waals surface area (Å²) in [5.74, 6) is 0. The maximum absolute atomic E-state index is 6.04. The predicted octanol–water partition coefficient (Wildman–Crippen LogP) is 2.51. The van der Waals surface area contributed by atoms with Crippen LogP contribution < -0.4 is 5.32 Å². The van der Waals surface area contributed by atoms with Gasteiger partial charge in [0, 0.05) is 32.4 Å². The molecule has 0 aromatic rings. The second-order valence-electron chi connectivity index (χ2n) is 6.13. The Morgan fingerprint density at radius 2 is 2.00 bits per heavy atom. The van der Waals surface area contributed by atoms with Crippen LogP contribution in [0.1, 0.15) is 52.9 Å². The molecule has 1 saturated carbocycles. The highest BCUT2D eigenvalue weighted by molar-refractivity contribution is 5.00. The van der Waals surface area contributed by atoms with Crippen LogP contribution in [0.3, 0.4) is 0 Å². The molecule has 4 atom stereocenters. The number of hydrogen-bond donors (Lipinski definition) is 1. The van der Waals surface area contributed by atoms with Gasteiger partial charge in [-0.2, -0.15) is 0 Å². The fraction of sp³-hybridized carbons (Fsp3) is 1.00. The summed E-state index contributed by atoms with van der Waals surface area (Å²) in [4.78, 5) is 0. The van der Waals surface area contributed by atoms with E-state index in [1.807, 2.05) is 6.92 Å². The third-order valence-corrected chi connectivity index (χ3v) is 5.13. The molecule has 0 aromatic heterocycles. The Hall–Kier alpha value is -0.160. The molecule has 118 valence electrons. The Labute approximate surface area is 123 Å². The van der Waals surface area contributed by atoms with Crippen molar-refractivity contribution in [2.45, 2.75) is 82.8 Å². The Morgan fingerprint density at radius 1 is 1.25 bits per heavy atom. The van der Waals surface area contributed by atoms with Crippen molar-refractivity contribution in [2.24, 2.45) is 0 Å². The standard InChI is InChI=1S/C16H31NO3/c1-5-16(6-2)11-12(8-9-20-16)17-13-10-14(19-7-3)15(13)18-4/h12-15,17H,5-11H2,1-4H3. The molecule has 0 aromatic carbocycles. The fourth-order valence-electron chi connectivity index (χ4n) is 3.65. The van der Waals surface area contributed by atoms with Crippen molar-refractivity contribution in [2.75, 3.05) is 20.3 Å². The van der Waals surface area contributed by atoms with Crippen LogP contribution >= 0.6 is 0 Å². The lowest BCUT2D eigenvalue weighted by molar-refractivity contribution is -0.141. The summed E-state index contributed by atoms with van der Waals surface area (Å²) >= 11 is 0. The van der Waals surface area contributed by atoms with Gasteiger partial charge in [-0.25, -0.2) is 0 Å². The van der Waals surface area contributed by atoms with Crippen LogP contribution in [0.15, 0.2) is 0 Å². The Balaban J connectivity index is 1.84. The molecule has 1 heterocycles. The molecule has 20 heavy (non-hydrogen) atoms. The summed E-state index contributed by atoms with van der Waals surface area (Å²) in [5.41, 5.74) is 0.0849. The molecule has 1 N–H and O–H groups in total. The quantitative estimate of drug-likeness (QED) is 0.780. The minimum Gasteiger partial charge on any atom is -0.377 e. The SMILES string of the molecule is CCOC1CC(NC2CCOC(CC)(CC)C2)C1OC. The minimum atomic E-state index is 0.0849. The van der Waals surface area contributed by atoms with E-state index in [0.29, 0.717) is 12.1 Å². The van der Waals surface area contributed by atoms with Gasteiger partial charge in [-0.05, 0) is 39.0 Å². The van der Waals surface area contributed by atoms with Gasteiger partial charge in [0.2, 0.25) is 0 Å². The molecular formula is C16H31NO3. The molecule has 1 saturated heterocycles. The van der Waals surface area contributed by atoms with E-state index >= 15 is 0 Å². The van der Waals surface area contributed by atoms with E-state index in [-0.39, 0.29) is 17.8 Å². The molecule has 0 bridgehead atoms. The van der Waals surface area contributed by atoms with E-state index in [0.717, 1.165) is 45.3 Å². The van der Waals surface area contributed by atoms with E-state index in [9.17, 15) is 0 Å². The third kappa shape index (κ3) is 3.35. The summed E-state index contributed by atoms with van der Waals surface area (Å²) < 4.78 is 17.3. The first-order valence-corrected chi connectivity index (χ1v) is 8.22. The van der Waals surface area contributed by atoms with E-state index < -0.39 is 0 Å². The summed E-state index contributed by atoms with van der Waals surface area (Å²) in [7, 11) is 1.79. The first-order chi connectivity index (χ1) is 9.68. The van der Waals surface area contributed by atoms with Gasteiger partial charge >= 0.3 is 0 Å². The van der Waals surface area contributed by atoms with Crippen LogP contribution in [-0.4, -0.2) is 50.2 Å². The number of nitrogens with one attached hydrogen (secondary N) is 1. The largest absolute Gasteiger partial charge is 0.377 e. The maximum atomic E-state index is 6.04. The highest BCUT2D eigenvalue weighted by Crippen LogP contribution is 2.34. The monoisotopic (exact) mass is 285 g/mol. The lowest BCUT2D eigenvalue weighted by Gasteiger charge is -2.47. The van der Waals surface area contributed by atoms with Crippen LogP contribution in [0.25, 0.3) is 0 Å². The van der Waals surface area contributed by atoms with Gasteiger partial charge in [0.25, 0.3) is 0 Å². The van der Waals surface area contributed by atoms with Gasteiger partial charge in [0.05, 0.1) is 17.8 Å². The van der Waals surface area contributed by atoms with Crippen molar-refractivity contribution in [1.29, 1.82) is 0 Å². The molecule has 1 aliphatic carbocycles. The lowest BCUT2D eigenvalue weighted by Crippen LogP contribution is -2.63. The number of ether oxygens (including phenoxy) is 3. The molecular weight excluding hydrogens is 254 g/mol. The van der Waals surface area contributed by atoms with Crippen molar-refractivity contribution in [3.8, 4) is 0 Å². The van der Waals surface area contributed by atoms with Crippen molar-refractivity contribution in [3.63, 3.8) is 0 Å². The second kappa shape index (κ2) is 7.21. The van der Waals surface area contributed by atoms with E-state index in [4.69, 9.17) is 14.2 Å². The van der Waals surface area contributed by atoms with Crippen LogP contribution in [0.4, 0.5) is 0 Å². The van der Waals surface area contributed by atoms with Gasteiger partial charge in [0.15, 0.2) is 0 Å². The summed E-state index contributed by atoms with van der Waals surface area (Å²) in [5, 5.41) is 3.78. The zero-order valence-corrected chi connectivity index (χ0v) is 13.5. The van der Waals surface area contributed by atoms with Crippen LogP contribution in [0.5, 0.6) is 0 Å². The summed E-state index contributed by atoms with van der Waals surface area (Å²) in [6, 6.07) is 0.986. The minimum absolute atomic E-state index is 0.0849. The van der Waals surface area contributed by atoms with Crippen molar-refractivity contribution >= 4 is 0 Å². The predicted molar refractivity (Wildman–Crippen MR) is 80.0 cm³/mol. The van der Waals surface area contributed by atoms with Gasteiger partial charge in [0.1, 0.15) is 0 Å². The highest BCUT2D eigenvalue weighted by atomic mass is 16.5. The summed E-state index contributed by atoms with van der Waals surface area (Å²) in [6.07, 6.45) is 5.96. The second-order valence-corrected chi connectivity index (χ2v) is 6.13. The van der Waals surface area contributed by atoms with E-state index in [1.165, 1.54) is 0 Å². The number of rotatable bonds is 7. The van der Waals surface area contributed by atoms with Gasteiger partial charge in [-0.1, -0.05) is 13.8 Å². The smallest absolute Gasteiger partial charge is 0.0986 e. The topological polar surface area (TPSA) is 39.7 Å². The number of methoxy groups -OCH3 is 1. The Morgan fingerprint density at radius 3 is 2.60 bits per heavy atom. The molecule has 0 spiro atoms. The van der Waals surface area contributed by atoms with Crippen LogP contribution in [0.2, 0.25) is 0 Å². The first kappa shape index (κ1) is 16.2. The Kier molecular flexibility index (Phi) is 5.84. The van der Waals surface area contributed by atoms with E-state index in [2.05, 4.69) is 19.2 Å². The molecule has 4 unspecified atom stereocenters. The van der Waals surface area contributed by atoms with Gasteiger partial charge in [-0.3, -0.25) is 0 Å². The van der Waals surface area contributed by atoms with Crippen LogP contribution in [-0.2, 0) is 14.2 Å². The molecule has 2 fully saturated rings. The Bertz CT molecular complexity index is 293. The van der Waals surface area contributed by atoms with Crippen molar-refractivity contribution in [3.05, 3.63) is 0 Å². The molecule has 0 radical (unpaired) electrons. The molecule has 4 heteroatoms. The average Bonchev–Trinajstić information content (AvgIpc) is 2.46. The lowest BCUT2D eigenvalue weighted by atomic mass is 9.81. The maximum Gasteiger partial charge on any atom is 0.0986 e. The normalized spacial score (nSPS) is 36.6. The summed E-state index contributed by atoms with van der Waals surface area (Å²) in [6.45, 7) is 8.15. The highest BCUT2D eigenvalue weighted by Gasteiger charge is 2.44. The number of hydrogen-bond acceptors (Lipinski definition) is 4. The fourth-order valence-corrected chi connectivity index (χ4v) is 3.65. The first-order valence-electron chi connectivity index (χ1n) is 8.22.